The number of hydrogen-bond acceptors (Lipinski definition) is 3. The summed E-state index contributed by atoms with van der Waals surface area (Å²) in [5.41, 5.74) is 6.31. The van der Waals surface area contributed by atoms with Crippen LogP contribution in [0, 0.1) is 0 Å². The highest BCUT2D eigenvalue weighted by atomic mass is 16.6. The number of rotatable bonds is 10. The Balaban J connectivity index is 1.70. The number of ether oxygens (including phenoxy) is 3. The standard InChI is InChI=1S/C26H26O3/c1-5-17-9-11-21(19(7-3)13-17)25(23-15-27-23)29-26(24-16-28-24)22-12-10-18(6-2)14-20(22)8-4/h5-14,23-26H,1-4,15-16H2. The predicted octanol–water partition coefficient (Wildman–Crippen LogP) is 5.86. The van der Waals surface area contributed by atoms with E-state index in [1.165, 1.54) is 0 Å². The lowest BCUT2D eigenvalue weighted by atomic mass is 9.95. The van der Waals surface area contributed by atoms with Crippen molar-refractivity contribution in [2.45, 2.75) is 24.4 Å². The first-order valence-corrected chi connectivity index (χ1v) is 9.84. The quantitative estimate of drug-likeness (QED) is 0.480. The minimum Gasteiger partial charge on any atom is -0.370 e. The van der Waals surface area contributed by atoms with Crippen LogP contribution >= 0.6 is 0 Å². The molecule has 2 fully saturated rings. The fourth-order valence-electron chi connectivity index (χ4n) is 3.65. The monoisotopic (exact) mass is 386 g/mol. The minimum atomic E-state index is -0.201. The lowest BCUT2D eigenvalue weighted by Crippen LogP contribution is -2.20. The average Bonchev–Trinajstić information content (AvgIpc) is 3.67. The first-order chi connectivity index (χ1) is 14.2. The van der Waals surface area contributed by atoms with Crippen molar-refractivity contribution < 1.29 is 14.2 Å². The number of hydrogen-bond donors (Lipinski definition) is 0. The molecule has 2 heterocycles. The van der Waals surface area contributed by atoms with Crippen molar-refractivity contribution >= 4 is 24.3 Å². The molecular weight excluding hydrogens is 360 g/mol. The SMILES string of the molecule is C=Cc1ccc(C(OC(c2ccc(C=C)cc2C=C)C2CO2)C2CO2)c(C=C)c1. The fraction of sp³-hybridized carbons (Fsp3) is 0.231. The van der Waals surface area contributed by atoms with E-state index in [9.17, 15) is 0 Å². The van der Waals surface area contributed by atoms with Crippen LogP contribution in [0.25, 0.3) is 24.3 Å². The third kappa shape index (κ3) is 4.18. The second-order valence-corrected chi connectivity index (χ2v) is 7.31. The van der Waals surface area contributed by atoms with Gasteiger partial charge in [-0.15, -0.1) is 0 Å². The lowest BCUT2D eigenvalue weighted by Gasteiger charge is -2.26. The van der Waals surface area contributed by atoms with E-state index in [4.69, 9.17) is 14.2 Å². The molecule has 0 aliphatic carbocycles. The highest BCUT2D eigenvalue weighted by Crippen LogP contribution is 2.42. The topological polar surface area (TPSA) is 34.3 Å². The van der Waals surface area contributed by atoms with E-state index in [1.54, 1.807) is 0 Å². The Hall–Kier alpha value is -2.72. The number of benzene rings is 2. The molecule has 0 aromatic heterocycles. The van der Waals surface area contributed by atoms with Gasteiger partial charge in [0.1, 0.15) is 24.4 Å². The van der Waals surface area contributed by atoms with Gasteiger partial charge in [0.05, 0.1) is 13.2 Å². The van der Waals surface area contributed by atoms with Crippen LogP contribution in [0.1, 0.15) is 45.6 Å². The Morgan fingerprint density at radius 3 is 1.45 bits per heavy atom. The highest BCUT2D eigenvalue weighted by molar-refractivity contribution is 5.61. The third-order valence-corrected chi connectivity index (χ3v) is 5.43. The van der Waals surface area contributed by atoms with Crippen LogP contribution in [0.3, 0.4) is 0 Å². The van der Waals surface area contributed by atoms with Crippen molar-refractivity contribution in [3.05, 3.63) is 96.1 Å². The van der Waals surface area contributed by atoms with Gasteiger partial charge >= 0.3 is 0 Å². The van der Waals surface area contributed by atoms with Crippen molar-refractivity contribution in [2.24, 2.45) is 0 Å². The van der Waals surface area contributed by atoms with Gasteiger partial charge in [-0.1, -0.05) is 74.9 Å². The predicted molar refractivity (Wildman–Crippen MR) is 119 cm³/mol. The van der Waals surface area contributed by atoms with Gasteiger partial charge in [-0.25, -0.2) is 0 Å². The molecule has 4 unspecified atom stereocenters. The van der Waals surface area contributed by atoms with Crippen LogP contribution < -0.4 is 0 Å². The Morgan fingerprint density at radius 2 is 1.14 bits per heavy atom. The van der Waals surface area contributed by atoms with Gasteiger partial charge in [-0.05, 0) is 45.5 Å². The summed E-state index contributed by atoms with van der Waals surface area (Å²) in [6.07, 6.45) is 7.04. The van der Waals surface area contributed by atoms with E-state index < -0.39 is 0 Å². The molecular formula is C26H26O3. The zero-order chi connectivity index (χ0) is 20.4. The lowest BCUT2D eigenvalue weighted by molar-refractivity contribution is -0.0420. The Bertz CT molecular complexity index is 873. The molecule has 2 aromatic rings. The van der Waals surface area contributed by atoms with E-state index in [1.807, 2.05) is 36.4 Å². The summed E-state index contributed by atoms with van der Waals surface area (Å²) >= 11 is 0. The van der Waals surface area contributed by atoms with Crippen LogP contribution in [0.2, 0.25) is 0 Å². The van der Waals surface area contributed by atoms with Crippen molar-refractivity contribution in [3.8, 4) is 0 Å². The van der Waals surface area contributed by atoms with Crippen molar-refractivity contribution in [3.63, 3.8) is 0 Å². The normalized spacial score (nSPS) is 21.7. The van der Waals surface area contributed by atoms with E-state index in [0.29, 0.717) is 13.2 Å². The van der Waals surface area contributed by atoms with Crippen LogP contribution in [-0.4, -0.2) is 25.4 Å². The minimum absolute atomic E-state index is 0.0316. The molecule has 0 radical (unpaired) electrons. The average molecular weight is 386 g/mol. The second-order valence-electron chi connectivity index (χ2n) is 7.31. The van der Waals surface area contributed by atoms with Crippen molar-refractivity contribution in [1.82, 2.24) is 0 Å². The van der Waals surface area contributed by atoms with Gasteiger partial charge in [0.2, 0.25) is 0 Å². The molecule has 3 nitrogen and oxygen atoms in total. The van der Waals surface area contributed by atoms with E-state index in [2.05, 4.69) is 50.6 Å². The van der Waals surface area contributed by atoms with Gasteiger partial charge in [-0.2, -0.15) is 0 Å². The van der Waals surface area contributed by atoms with Crippen LogP contribution in [0.5, 0.6) is 0 Å². The molecule has 29 heavy (non-hydrogen) atoms. The van der Waals surface area contributed by atoms with Gasteiger partial charge in [0.15, 0.2) is 0 Å². The molecule has 2 saturated heterocycles. The molecule has 0 spiro atoms. The molecule has 4 rings (SSSR count). The summed E-state index contributed by atoms with van der Waals surface area (Å²) in [5, 5.41) is 0. The maximum atomic E-state index is 6.71. The molecule has 2 aliphatic rings. The second kappa shape index (κ2) is 8.34. The third-order valence-electron chi connectivity index (χ3n) is 5.43. The van der Waals surface area contributed by atoms with Crippen LogP contribution in [-0.2, 0) is 14.2 Å². The molecule has 0 N–H and O–H groups in total. The summed E-state index contributed by atoms with van der Waals surface area (Å²) in [7, 11) is 0. The Morgan fingerprint density at radius 1 is 0.724 bits per heavy atom. The Labute approximate surface area is 172 Å². The van der Waals surface area contributed by atoms with Crippen LogP contribution in [0.4, 0.5) is 0 Å². The van der Waals surface area contributed by atoms with E-state index in [-0.39, 0.29) is 24.4 Å². The first-order valence-electron chi connectivity index (χ1n) is 9.84. The largest absolute Gasteiger partial charge is 0.370 e. The van der Waals surface area contributed by atoms with Gasteiger partial charge < -0.3 is 14.2 Å². The van der Waals surface area contributed by atoms with Crippen LogP contribution in [0.15, 0.2) is 62.7 Å². The zero-order valence-corrected chi connectivity index (χ0v) is 16.6. The molecule has 2 aliphatic heterocycles. The summed E-state index contributed by atoms with van der Waals surface area (Å²) in [6.45, 7) is 17.1. The number of epoxide rings is 2. The molecule has 3 heteroatoms. The fourth-order valence-corrected chi connectivity index (χ4v) is 3.65. The maximum absolute atomic E-state index is 6.71. The molecule has 0 saturated carbocycles. The van der Waals surface area contributed by atoms with E-state index >= 15 is 0 Å². The van der Waals surface area contributed by atoms with Gasteiger partial charge in [0.25, 0.3) is 0 Å². The van der Waals surface area contributed by atoms with Crippen molar-refractivity contribution in [2.75, 3.05) is 13.2 Å². The molecule has 0 bridgehead atoms. The molecule has 148 valence electrons. The first kappa shape index (κ1) is 19.6. The smallest absolute Gasteiger partial charge is 0.112 e. The van der Waals surface area contributed by atoms with Gasteiger partial charge in [-0.3, -0.25) is 0 Å². The summed E-state index contributed by atoms with van der Waals surface area (Å²) < 4.78 is 18.0. The maximum Gasteiger partial charge on any atom is 0.112 e. The summed E-state index contributed by atoms with van der Waals surface area (Å²) in [4.78, 5) is 0. The molecule has 2 aromatic carbocycles. The van der Waals surface area contributed by atoms with Crippen molar-refractivity contribution in [1.29, 1.82) is 0 Å². The highest BCUT2D eigenvalue weighted by Gasteiger charge is 2.43. The summed E-state index contributed by atoms with van der Waals surface area (Å²) in [5.74, 6) is 0. The summed E-state index contributed by atoms with van der Waals surface area (Å²) in [6, 6.07) is 12.4. The van der Waals surface area contributed by atoms with Gasteiger partial charge in [0, 0.05) is 0 Å². The zero-order valence-electron chi connectivity index (χ0n) is 16.6. The molecule has 4 atom stereocenters. The Kier molecular flexibility index (Phi) is 5.63. The van der Waals surface area contributed by atoms with E-state index in [0.717, 1.165) is 33.4 Å². The molecule has 0 amide bonds.